The summed E-state index contributed by atoms with van der Waals surface area (Å²) < 4.78 is 2.07. The Hall–Kier alpha value is -2.60. The van der Waals surface area contributed by atoms with Gasteiger partial charge in [-0.1, -0.05) is 60.3 Å². The minimum absolute atomic E-state index is 0.120. The van der Waals surface area contributed by atoms with Crippen LogP contribution in [0.5, 0.6) is 0 Å². The molecule has 2 aromatic carbocycles. The van der Waals surface area contributed by atoms with Gasteiger partial charge in [-0.2, -0.15) is 0 Å². The van der Waals surface area contributed by atoms with Crippen LogP contribution in [0.4, 0.5) is 5.69 Å². The minimum Gasteiger partial charge on any atom is -0.308 e. The van der Waals surface area contributed by atoms with Gasteiger partial charge in [-0.3, -0.25) is 4.79 Å². The van der Waals surface area contributed by atoms with Crippen molar-refractivity contribution in [1.82, 2.24) is 14.8 Å². The van der Waals surface area contributed by atoms with Crippen molar-refractivity contribution in [2.75, 3.05) is 4.90 Å². The smallest absolute Gasteiger partial charge is 0.240 e. The van der Waals surface area contributed by atoms with Gasteiger partial charge in [-0.15, -0.1) is 10.2 Å². The van der Waals surface area contributed by atoms with Gasteiger partial charge in [0.25, 0.3) is 0 Å². The van der Waals surface area contributed by atoms with E-state index in [1.54, 1.807) is 0 Å². The molecule has 2 unspecified atom stereocenters. The van der Waals surface area contributed by atoms with Gasteiger partial charge in [-0.05, 0) is 44.4 Å². The number of thioether (sulfide) groups is 1. The summed E-state index contributed by atoms with van der Waals surface area (Å²) in [6, 6.07) is 18.6. The molecule has 2 heterocycles. The largest absolute Gasteiger partial charge is 0.308 e. The monoisotopic (exact) mass is 392 g/mol. The molecule has 28 heavy (non-hydrogen) atoms. The van der Waals surface area contributed by atoms with Gasteiger partial charge in [0.15, 0.2) is 5.16 Å². The molecule has 3 aromatic rings. The number of benzene rings is 2. The number of fused-ring (bicyclic) bond motifs is 1. The van der Waals surface area contributed by atoms with E-state index >= 15 is 0 Å². The maximum absolute atomic E-state index is 13.2. The Labute approximate surface area is 169 Å². The fourth-order valence-electron chi connectivity index (χ4n) is 3.70. The van der Waals surface area contributed by atoms with Crippen LogP contribution in [0.15, 0.2) is 59.8 Å². The fraction of sp³-hybridized carbons (Fsp3) is 0.318. The van der Waals surface area contributed by atoms with Crippen LogP contribution >= 0.6 is 11.8 Å². The molecule has 1 aliphatic rings. The van der Waals surface area contributed by atoms with Gasteiger partial charge in [0.2, 0.25) is 5.91 Å². The highest BCUT2D eigenvalue weighted by Gasteiger charge is 2.34. The predicted molar refractivity (Wildman–Crippen MR) is 113 cm³/mol. The van der Waals surface area contributed by atoms with E-state index in [4.69, 9.17) is 0 Å². The summed E-state index contributed by atoms with van der Waals surface area (Å²) in [6.45, 7) is 6.71. The zero-order valence-corrected chi connectivity index (χ0v) is 17.2. The minimum atomic E-state index is -0.244. The Bertz CT molecular complexity index is 985. The van der Waals surface area contributed by atoms with Crippen molar-refractivity contribution in [1.29, 1.82) is 0 Å². The number of hydrogen-bond donors (Lipinski definition) is 0. The van der Waals surface area contributed by atoms with E-state index < -0.39 is 0 Å². The number of carbonyl (C=O) groups is 1. The Balaban J connectivity index is 1.53. The van der Waals surface area contributed by atoms with Crippen molar-refractivity contribution in [3.8, 4) is 0 Å². The first-order valence-electron chi connectivity index (χ1n) is 9.56. The second-order valence-corrected chi connectivity index (χ2v) is 8.56. The maximum Gasteiger partial charge on any atom is 0.240 e. The summed E-state index contributed by atoms with van der Waals surface area (Å²) in [5.74, 6) is 0.972. The summed E-state index contributed by atoms with van der Waals surface area (Å²) in [5, 5.41) is 9.11. The van der Waals surface area contributed by atoms with Crippen molar-refractivity contribution < 1.29 is 4.79 Å². The molecular weight excluding hydrogens is 368 g/mol. The number of hydrogen-bond acceptors (Lipinski definition) is 4. The standard InChI is InChI=1S/C22H24N4OS/c1-15-13-19-11-7-8-12-20(19)26(15)21(27)16(2)28-22-24-23-17(3)25(22)14-18-9-5-4-6-10-18/h4-12,15-16H,13-14H2,1-3H3. The number of para-hydroxylation sites is 1. The number of carbonyl (C=O) groups excluding carboxylic acids is 1. The van der Waals surface area contributed by atoms with Crippen LogP contribution in [0.25, 0.3) is 0 Å². The van der Waals surface area contributed by atoms with Crippen LogP contribution in [0, 0.1) is 6.92 Å². The molecule has 1 aliphatic heterocycles. The number of anilines is 1. The molecule has 4 rings (SSSR count). The molecule has 0 aliphatic carbocycles. The molecule has 5 nitrogen and oxygen atoms in total. The van der Waals surface area contributed by atoms with E-state index in [0.717, 1.165) is 23.1 Å². The summed E-state index contributed by atoms with van der Waals surface area (Å²) in [4.78, 5) is 15.2. The average molecular weight is 393 g/mol. The Kier molecular flexibility index (Phi) is 5.22. The Morgan fingerprint density at radius 3 is 2.64 bits per heavy atom. The number of aromatic nitrogens is 3. The molecule has 1 amide bonds. The normalized spacial score (nSPS) is 16.8. The lowest BCUT2D eigenvalue weighted by Gasteiger charge is -2.25. The number of aryl methyl sites for hydroxylation is 1. The second-order valence-electron chi connectivity index (χ2n) is 7.25. The molecule has 0 saturated carbocycles. The van der Waals surface area contributed by atoms with Crippen molar-refractivity contribution in [2.24, 2.45) is 0 Å². The fourth-order valence-corrected chi connectivity index (χ4v) is 4.64. The van der Waals surface area contributed by atoms with Crippen molar-refractivity contribution >= 4 is 23.4 Å². The Morgan fingerprint density at radius 2 is 1.86 bits per heavy atom. The SMILES string of the molecule is Cc1nnc(SC(C)C(=O)N2c3ccccc3CC2C)n1Cc1ccccc1. The van der Waals surface area contributed by atoms with Crippen LogP contribution < -0.4 is 4.90 Å². The Morgan fingerprint density at radius 1 is 1.14 bits per heavy atom. The molecule has 6 heteroatoms. The van der Waals surface area contributed by atoms with E-state index in [1.165, 1.54) is 22.9 Å². The first-order valence-corrected chi connectivity index (χ1v) is 10.4. The van der Waals surface area contributed by atoms with Crippen LogP contribution in [0.2, 0.25) is 0 Å². The zero-order valence-electron chi connectivity index (χ0n) is 16.4. The third-order valence-corrected chi connectivity index (χ3v) is 6.23. The molecule has 0 spiro atoms. The average Bonchev–Trinajstić information content (AvgIpc) is 3.21. The van der Waals surface area contributed by atoms with E-state index in [2.05, 4.69) is 39.9 Å². The van der Waals surface area contributed by atoms with Crippen LogP contribution in [-0.4, -0.2) is 32.0 Å². The molecule has 0 fully saturated rings. The molecule has 0 radical (unpaired) electrons. The third kappa shape index (κ3) is 3.56. The second kappa shape index (κ2) is 7.80. The van der Waals surface area contributed by atoms with Crippen LogP contribution in [0.3, 0.4) is 0 Å². The lowest BCUT2D eigenvalue weighted by atomic mass is 10.1. The van der Waals surface area contributed by atoms with Gasteiger partial charge in [0.05, 0.1) is 11.8 Å². The molecule has 1 aromatic heterocycles. The van der Waals surface area contributed by atoms with E-state index in [9.17, 15) is 4.79 Å². The van der Waals surface area contributed by atoms with Crippen LogP contribution in [-0.2, 0) is 17.8 Å². The molecular formula is C22H24N4OS. The van der Waals surface area contributed by atoms with Gasteiger partial charge in [-0.25, -0.2) is 0 Å². The van der Waals surface area contributed by atoms with Gasteiger partial charge in [0.1, 0.15) is 5.82 Å². The highest BCUT2D eigenvalue weighted by atomic mass is 32.2. The van der Waals surface area contributed by atoms with Crippen molar-refractivity contribution in [3.05, 3.63) is 71.5 Å². The summed E-state index contributed by atoms with van der Waals surface area (Å²) in [7, 11) is 0. The summed E-state index contributed by atoms with van der Waals surface area (Å²) >= 11 is 1.48. The first-order chi connectivity index (χ1) is 13.5. The molecule has 2 atom stereocenters. The predicted octanol–water partition coefficient (Wildman–Crippen LogP) is 4.09. The number of nitrogens with zero attached hydrogens (tertiary/aromatic N) is 4. The van der Waals surface area contributed by atoms with Crippen molar-refractivity contribution in [3.63, 3.8) is 0 Å². The van der Waals surface area contributed by atoms with Gasteiger partial charge >= 0.3 is 0 Å². The van der Waals surface area contributed by atoms with E-state index in [0.29, 0.717) is 6.54 Å². The molecule has 0 N–H and O–H groups in total. The third-order valence-electron chi connectivity index (χ3n) is 5.16. The number of amides is 1. The highest BCUT2D eigenvalue weighted by molar-refractivity contribution is 8.00. The van der Waals surface area contributed by atoms with Gasteiger partial charge in [0, 0.05) is 11.7 Å². The summed E-state index contributed by atoms with van der Waals surface area (Å²) in [5.41, 5.74) is 3.46. The van der Waals surface area contributed by atoms with Crippen LogP contribution in [0.1, 0.15) is 30.8 Å². The molecule has 144 valence electrons. The molecule has 0 saturated heterocycles. The highest BCUT2D eigenvalue weighted by Crippen LogP contribution is 2.34. The summed E-state index contributed by atoms with van der Waals surface area (Å²) in [6.07, 6.45) is 0.905. The topological polar surface area (TPSA) is 51.0 Å². The first kappa shape index (κ1) is 18.7. The lowest BCUT2D eigenvalue weighted by Crippen LogP contribution is -2.40. The maximum atomic E-state index is 13.2. The lowest BCUT2D eigenvalue weighted by molar-refractivity contribution is -0.118. The quantitative estimate of drug-likeness (QED) is 0.614. The van der Waals surface area contributed by atoms with E-state index in [1.807, 2.05) is 55.1 Å². The van der Waals surface area contributed by atoms with Crippen molar-refractivity contribution in [2.45, 2.75) is 50.2 Å². The zero-order chi connectivity index (χ0) is 19.7. The molecule has 0 bridgehead atoms. The van der Waals surface area contributed by atoms with Gasteiger partial charge < -0.3 is 9.47 Å². The van der Waals surface area contributed by atoms with E-state index in [-0.39, 0.29) is 17.2 Å². The number of rotatable bonds is 5.